The number of hydrogen-bond acceptors (Lipinski definition) is 2. The Labute approximate surface area is 96.4 Å². The first kappa shape index (κ1) is 11.2. The number of nitrogens with one attached hydrogen (secondary N) is 1. The van der Waals surface area contributed by atoms with Crippen LogP contribution < -0.4 is 5.32 Å². The van der Waals surface area contributed by atoms with Crippen LogP contribution in [-0.2, 0) is 0 Å². The van der Waals surface area contributed by atoms with Gasteiger partial charge in [-0.3, -0.25) is 0 Å². The van der Waals surface area contributed by atoms with Crippen LogP contribution in [0.5, 0.6) is 0 Å². The van der Waals surface area contributed by atoms with Gasteiger partial charge in [0.1, 0.15) is 0 Å². The lowest BCUT2D eigenvalue weighted by Crippen LogP contribution is -2.03. The molecular weight excluding hydrogens is 270 g/mol. The van der Waals surface area contributed by atoms with Gasteiger partial charge in [-0.05, 0) is 24.5 Å². The molecule has 0 aliphatic heterocycles. The molecule has 13 heavy (non-hydrogen) atoms. The zero-order chi connectivity index (χ0) is 9.68. The van der Waals surface area contributed by atoms with E-state index in [1.165, 1.54) is 0 Å². The molecule has 0 amide bonds. The van der Waals surface area contributed by atoms with Crippen molar-refractivity contribution in [3.63, 3.8) is 0 Å². The Morgan fingerprint density at radius 3 is 2.85 bits per heavy atom. The number of halogens is 2. The number of anilines is 1. The second-order valence-electron chi connectivity index (χ2n) is 2.58. The van der Waals surface area contributed by atoms with Crippen molar-refractivity contribution in [1.29, 1.82) is 0 Å². The molecule has 0 radical (unpaired) electrons. The normalized spacial score (nSPS) is 10.1. The quantitative estimate of drug-likeness (QED) is 0.840. The third-order valence-electron chi connectivity index (χ3n) is 1.50. The van der Waals surface area contributed by atoms with Gasteiger partial charge in [0.25, 0.3) is 0 Å². The van der Waals surface area contributed by atoms with Crippen LogP contribution in [0.2, 0.25) is 5.02 Å². The molecule has 1 aromatic rings. The van der Waals surface area contributed by atoms with Gasteiger partial charge in [-0.1, -0.05) is 27.5 Å². The molecule has 0 bridgehead atoms. The van der Waals surface area contributed by atoms with Crippen molar-refractivity contribution in [2.45, 2.75) is 0 Å². The van der Waals surface area contributed by atoms with E-state index in [0.717, 1.165) is 27.5 Å². The van der Waals surface area contributed by atoms with Crippen LogP contribution in [0.4, 0.5) is 5.69 Å². The van der Waals surface area contributed by atoms with Crippen molar-refractivity contribution < 1.29 is 0 Å². The number of thioether (sulfide) groups is 1. The maximum atomic E-state index is 5.89. The fraction of sp³-hybridized carbons (Fsp3) is 0.333. The van der Waals surface area contributed by atoms with Crippen LogP contribution in [0.3, 0.4) is 0 Å². The average molecular weight is 281 g/mol. The van der Waals surface area contributed by atoms with E-state index in [0.29, 0.717) is 0 Å². The van der Waals surface area contributed by atoms with Crippen molar-refractivity contribution in [3.05, 3.63) is 27.7 Å². The first-order valence-electron chi connectivity index (χ1n) is 3.91. The van der Waals surface area contributed by atoms with Crippen LogP contribution in [0.15, 0.2) is 22.7 Å². The van der Waals surface area contributed by atoms with E-state index in [1.807, 2.05) is 30.0 Å². The van der Waals surface area contributed by atoms with Crippen LogP contribution in [0.1, 0.15) is 0 Å². The Morgan fingerprint density at radius 1 is 1.46 bits per heavy atom. The van der Waals surface area contributed by atoms with Crippen molar-refractivity contribution in [3.8, 4) is 0 Å². The molecule has 0 aliphatic carbocycles. The molecule has 4 heteroatoms. The lowest BCUT2D eigenvalue weighted by molar-refractivity contribution is 1.23. The van der Waals surface area contributed by atoms with Gasteiger partial charge in [0, 0.05) is 27.5 Å². The molecule has 1 aromatic carbocycles. The Kier molecular flexibility index (Phi) is 4.99. The highest BCUT2D eigenvalue weighted by atomic mass is 79.9. The zero-order valence-corrected chi connectivity index (χ0v) is 10.5. The Balaban J connectivity index is 2.56. The highest BCUT2D eigenvalue weighted by Crippen LogP contribution is 2.22. The summed E-state index contributed by atoms with van der Waals surface area (Å²) in [5.41, 5.74) is 1.06. The van der Waals surface area contributed by atoms with Crippen molar-refractivity contribution in [2.24, 2.45) is 0 Å². The van der Waals surface area contributed by atoms with Gasteiger partial charge >= 0.3 is 0 Å². The van der Waals surface area contributed by atoms with Gasteiger partial charge < -0.3 is 5.32 Å². The highest BCUT2D eigenvalue weighted by molar-refractivity contribution is 9.10. The summed E-state index contributed by atoms with van der Waals surface area (Å²) in [6, 6.07) is 5.82. The predicted molar refractivity (Wildman–Crippen MR) is 66.0 cm³/mol. The van der Waals surface area contributed by atoms with E-state index in [2.05, 4.69) is 27.5 Å². The van der Waals surface area contributed by atoms with E-state index < -0.39 is 0 Å². The van der Waals surface area contributed by atoms with Crippen LogP contribution in [0.25, 0.3) is 0 Å². The summed E-state index contributed by atoms with van der Waals surface area (Å²) in [7, 11) is 0. The molecule has 0 unspecified atom stereocenters. The fourth-order valence-electron chi connectivity index (χ4n) is 0.953. The number of rotatable bonds is 4. The molecule has 0 aliphatic rings. The van der Waals surface area contributed by atoms with Gasteiger partial charge in [-0.25, -0.2) is 0 Å². The Morgan fingerprint density at radius 2 is 2.23 bits per heavy atom. The summed E-state index contributed by atoms with van der Waals surface area (Å²) >= 11 is 11.1. The van der Waals surface area contributed by atoms with Gasteiger partial charge in [0.15, 0.2) is 0 Å². The average Bonchev–Trinajstić information content (AvgIpc) is 2.03. The summed E-state index contributed by atoms with van der Waals surface area (Å²) in [5.74, 6) is 1.10. The van der Waals surface area contributed by atoms with E-state index in [4.69, 9.17) is 11.6 Å². The van der Waals surface area contributed by atoms with Gasteiger partial charge in [0.05, 0.1) is 0 Å². The van der Waals surface area contributed by atoms with Crippen LogP contribution in [0, 0.1) is 0 Å². The molecule has 1 nitrogen and oxygen atoms in total. The van der Waals surface area contributed by atoms with Crippen molar-refractivity contribution in [1.82, 2.24) is 0 Å². The monoisotopic (exact) mass is 279 g/mol. The molecular formula is C9H11BrClNS. The lowest BCUT2D eigenvalue weighted by atomic mass is 10.3. The first-order chi connectivity index (χ1) is 6.22. The maximum Gasteiger partial charge on any atom is 0.0437 e. The molecule has 1 rings (SSSR count). The van der Waals surface area contributed by atoms with E-state index >= 15 is 0 Å². The summed E-state index contributed by atoms with van der Waals surface area (Å²) < 4.78 is 1.01. The largest absolute Gasteiger partial charge is 0.384 e. The minimum absolute atomic E-state index is 0.751. The number of hydrogen-bond donors (Lipinski definition) is 1. The van der Waals surface area contributed by atoms with E-state index in [9.17, 15) is 0 Å². The summed E-state index contributed by atoms with van der Waals surface area (Å²) in [5, 5.41) is 4.04. The fourth-order valence-corrected chi connectivity index (χ4v) is 2.12. The first-order valence-corrected chi connectivity index (χ1v) is 6.48. The maximum absolute atomic E-state index is 5.89. The molecule has 72 valence electrons. The topological polar surface area (TPSA) is 12.0 Å². The summed E-state index contributed by atoms with van der Waals surface area (Å²) in [4.78, 5) is 0. The Hall–Kier alpha value is 0.140. The van der Waals surface area contributed by atoms with Gasteiger partial charge in [-0.2, -0.15) is 11.8 Å². The van der Waals surface area contributed by atoms with Crippen molar-refractivity contribution in [2.75, 3.05) is 23.9 Å². The predicted octanol–water partition coefficient (Wildman–Crippen LogP) is 3.88. The molecule has 0 heterocycles. The highest BCUT2D eigenvalue weighted by Gasteiger charge is 1.96. The zero-order valence-electron chi connectivity index (χ0n) is 7.31. The standard InChI is InChI=1S/C9H11BrClNS/c1-13-3-2-12-9-5-7(10)4-8(11)6-9/h4-6,12H,2-3H2,1H3. The van der Waals surface area contributed by atoms with Gasteiger partial charge in [0.2, 0.25) is 0 Å². The van der Waals surface area contributed by atoms with Crippen LogP contribution >= 0.6 is 39.3 Å². The Bertz CT molecular complexity index is 260. The second-order valence-corrected chi connectivity index (χ2v) is 4.92. The summed E-state index contributed by atoms with van der Waals surface area (Å²) in [6.07, 6.45) is 2.09. The van der Waals surface area contributed by atoms with E-state index in [1.54, 1.807) is 0 Å². The van der Waals surface area contributed by atoms with Gasteiger partial charge in [-0.15, -0.1) is 0 Å². The molecule has 1 N–H and O–H groups in total. The van der Waals surface area contributed by atoms with E-state index in [-0.39, 0.29) is 0 Å². The molecule has 0 spiro atoms. The second kappa shape index (κ2) is 5.78. The third kappa shape index (κ3) is 4.25. The van der Waals surface area contributed by atoms with Crippen molar-refractivity contribution >= 4 is 45.0 Å². The van der Waals surface area contributed by atoms with Crippen LogP contribution in [-0.4, -0.2) is 18.6 Å². The molecule has 0 fully saturated rings. The molecule has 0 saturated carbocycles. The minimum Gasteiger partial charge on any atom is -0.384 e. The third-order valence-corrected chi connectivity index (χ3v) is 2.79. The molecule has 0 aromatic heterocycles. The lowest BCUT2D eigenvalue weighted by Gasteiger charge is -2.06. The minimum atomic E-state index is 0.751. The molecule has 0 saturated heterocycles. The molecule has 0 atom stereocenters. The number of benzene rings is 1. The SMILES string of the molecule is CSCCNc1cc(Cl)cc(Br)c1. The smallest absolute Gasteiger partial charge is 0.0437 e. The summed E-state index contributed by atoms with van der Waals surface area (Å²) in [6.45, 7) is 0.966.